The Morgan fingerprint density at radius 2 is 1.94 bits per heavy atom. The van der Waals surface area contributed by atoms with E-state index in [1.165, 1.54) is 0 Å². The van der Waals surface area contributed by atoms with Crippen LogP contribution in [0.1, 0.15) is 11.1 Å². The molecule has 5 heteroatoms. The van der Waals surface area contributed by atoms with Crippen molar-refractivity contribution in [1.82, 2.24) is 5.48 Å². The Kier molecular flexibility index (Phi) is 5.04. The second-order valence-electron chi connectivity index (χ2n) is 3.21. The van der Waals surface area contributed by atoms with Crippen LogP contribution >= 0.6 is 0 Å². The monoisotopic (exact) mass is 227 g/mol. The van der Waals surface area contributed by atoms with Gasteiger partial charge < -0.3 is 19.4 Å². The third-order valence-electron chi connectivity index (χ3n) is 2.28. The maximum Gasteiger partial charge on any atom is 0.132 e. The molecule has 0 aromatic heterocycles. The van der Waals surface area contributed by atoms with Gasteiger partial charge in [-0.15, -0.1) is 0 Å². The predicted octanol–water partition coefficient (Wildman–Crippen LogP) is 1.33. The Morgan fingerprint density at radius 1 is 1.19 bits per heavy atom. The van der Waals surface area contributed by atoms with E-state index in [-0.39, 0.29) is 6.54 Å². The maximum absolute atomic E-state index is 8.79. The summed E-state index contributed by atoms with van der Waals surface area (Å²) in [6, 6.07) is 3.70. The highest BCUT2D eigenvalue weighted by molar-refractivity contribution is 5.50. The van der Waals surface area contributed by atoms with E-state index >= 15 is 0 Å². The summed E-state index contributed by atoms with van der Waals surface area (Å²) in [7, 11) is 4.77. The van der Waals surface area contributed by atoms with Crippen molar-refractivity contribution in [2.75, 3.05) is 21.3 Å². The van der Waals surface area contributed by atoms with Crippen LogP contribution in [-0.4, -0.2) is 26.5 Å². The smallest absolute Gasteiger partial charge is 0.132 e. The van der Waals surface area contributed by atoms with Crippen LogP contribution in [0.3, 0.4) is 0 Å². The van der Waals surface area contributed by atoms with Crippen molar-refractivity contribution >= 4 is 0 Å². The van der Waals surface area contributed by atoms with E-state index in [0.717, 1.165) is 11.1 Å². The van der Waals surface area contributed by atoms with E-state index in [1.807, 2.05) is 12.1 Å². The Bertz CT molecular complexity index is 341. The topological polar surface area (TPSA) is 60.0 Å². The molecule has 0 aliphatic carbocycles. The molecule has 0 saturated heterocycles. The van der Waals surface area contributed by atoms with Crippen LogP contribution in [0, 0.1) is 0 Å². The summed E-state index contributed by atoms with van der Waals surface area (Å²) in [5, 5.41) is 8.79. The molecule has 2 N–H and O–H groups in total. The third-order valence-corrected chi connectivity index (χ3v) is 2.28. The first-order valence-electron chi connectivity index (χ1n) is 4.87. The number of rotatable bonds is 6. The van der Waals surface area contributed by atoms with Crippen molar-refractivity contribution in [2.24, 2.45) is 0 Å². The van der Waals surface area contributed by atoms with Gasteiger partial charge in [-0.2, -0.15) is 0 Å². The molecule has 0 heterocycles. The first-order chi connectivity index (χ1) is 7.78. The molecule has 5 nitrogen and oxygen atoms in total. The molecule has 90 valence electrons. The lowest BCUT2D eigenvalue weighted by Crippen LogP contribution is -2.10. The van der Waals surface area contributed by atoms with E-state index in [2.05, 4.69) is 5.48 Å². The molecule has 1 aromatic carbocycles. The molecule has 1 rings (SSSR count). The van der Waals surface area contributed by atoms with Gasteiger partial charge in [-0.3, -0.25) is 0 Å². The number of ether oxygens (including phenoxy) is 3. The standard InChI is InChI=1S/C11H17NO4/c1-14-7-8-4-5-10(15-2)9(6-12-13)11(8)16-3/h4-5,12-13H,6-7H2,1-3H3. The number of hydrogen-bond donors (Lipinski definition) is 2. The van der Waals surface area contributed by atoms with Gasteiger partial charge in [0, 0.05) is 12.7 Å². The Labute approximate surface area is 94.9 Å². The van der Waals surface area contributed by atoms with Gasteiger partial charge in [0.1, 0.15) is 11.5 Å². The van der Waals surface area contributed by atoms with Gasteiger partial charge >= 0.3 is 0 Å². The molecule has 1 aromatic rings. The summed E-state index contributed by atoms with van der Waals surface area (Å²) in [6.07, 6.45) is 0. The molecular weight excluding hydrogens is 210 g/mol. The number of benzene rings is 1. The average molecular weight is 227 g/mol. The van der Waals surface area contributed by atoms with Gasteiger partial charge in [-0.1, -0.05) is 0 Å². The molecule has 0 radical (unpaired) electrons. The molecule has 0 aliphatic rings. The van der Waals surface area contributed by atoms with E-state index < -0.39 is 0 Å². The molecule has 0 saturated carbocycles. The molecule has 16 heavy (non-hydrogen) atoms. The molecule has 0 spiro atoms. The van der Waals surface area contributed by atoms with Gasteiger partial charge in [0.25, 0.3) is 0 Å². The van der Waals surface area contributed by atoms with Crippen LogP contribution in [0.4, 0.5) is 0 Å². The highest BCUT2D eigenvalue weighted by Gasteiger charge is 2.14. The summed E-state index contributed by atoms with van der Waals surface area (Å²) in [5.74, 6) is 1.33. The summed E-state index contributed by atoms with van der Waals surface area (Å²) in [5.41, 5.74) is 3.78. The summed E-state index contributed by atoms with van der Waals surface area (Å²) >= 11 is 0. The normalized spacial score (nSPS) is 10.2. The fourth-order valence-electron chi connectivity index (χ4n) is 1.62. The largest absolute Gasteiger partial charge is 0.496 e. The van der Waals surface area contributed by atoms with Crippen molar-refractivity contribution in [2.45, 2.75) is 13.2 Å². The second kappa shape index (κ2) is 6.32. The van der Waals surface area contributed by atoms with Crippen molar-refractivity contribution in [1.29, 1.82) is 0 Å². The zero-order chi connectivity index (χ0) is 12.0. The van der Waals surface area contributed by atoms with Gasteiger partial charge in [0.15, 0.2) is 0 Å². The molecule has 0 unspecified atom stereocenters. The van der Waals surface area contributed by atoms with Gasteiger partial charge in [0.05, 0.1) is 32.9 Å². The molecular formula is C11H17NO4. The minimum Gasteiger partial charge on any atom is -0.496 e. The Hall–Kier alpha value is -1.30. The highest BCUT2D eigenvalue weighted by atomic mass is 16.5. The zero-order valence-electron chi connectivity index (χ0n) is 9.74. The van der Waals surface area contributed by atoms with Gasteiger partial charge in [0.2, 0.25) is 0 Å². The molecule has 0 amide bonds. The van der Waals surface area contributed by atoms with Crippen molar-refractivity contribution < 1.29 is 19.4 Å². The lowest BCUT2D eigenvalue weighted by atomic mass is 10.1. The quantitative estimate of drug-likeness (QED) is 0.718. The van der Waals surface area contributed by atoms with Crippen LogP contribution in [0.2, 0.25) is 0 Å². The zero-order valence-corrected chi connectivity index (χ0v) is 9.74. The molecule has 0 aliphatic heterocycles. The SMILES string of the molecule is COCc1ccc(OC)c(CNO)c1OC. The maximum atomic E-state index is 8.79. The highest BCUT2D eigenvalue weighted by Crippen LogP contribution is 2.32. The first-order valence-corrected chi connectivity index (χ1v) is 4.87. The Morgan fingerprint density at radius 3 is 2.44 bits per heavy atom. The summed E-state index contributed by atoms with van der Waals surface area (Å²) in [6.45, 7) is 0.704. The van der Waals surface area contributed by atoms with E-state index in [1.54, 1.807) is 21.3 Å². The van der Waals surface area contributed by atoms with Crippen molar-refractivity contribution in [3.63, 3.8) is 0 Å². The van der Waals surface area contributed by atoms with Crippen LogP contribution in [-0.2, 0) is 17.9 Å². The van der Waals surface area contributed by atoms with Crippen molar-refractivity contribution in [3.8, 4) is 11.5 Å². The Balaban J connectivity index is 3.19. The fraction of sp³-hybridized carbons (Fsp3) is 0.455. The van der Waals surface area contributed by atoms with Crippen LogP contribution in [0.25, 0.3) is 0 Å². The minimum atomic E-state index is 0.254. The molecule has 0 atom stereocenters. The second-order valence-corrected chi connectivity index (χ2v) is 3.21. The minimum absolute atomic E-state index is 0.254. The van der Waals surface area contributed by atoms with E-state index in [0.29, 0.717) is 18.1 Å². The number of methoxy groups -OCH3 is 3. The number of hydrogen-bond acceptors (Lipinski definition) is 5. The van der Waals surface area contributed by atoms with Crippen LogP contribution in [0.5, 0.6) is 11.5 Å². The van der Waals surface area contributed by atoms with E-state index in [4.69, 9.17) is 19.4 Å². The molecule has 0 fully saturated rings. The lowest BCUT2D eigenvalue weighted by molar-refractivity contribution is 0.157. The fourth-order valence-corrected chi connectivity index (χ4v) is 1.62. The van der Waals surface area contributed by atoms with Crippen LogP contribution < -0.4 is 15.0 Å². The number of hydroxylamine groups is 1. The summed E-state index contributed by atoms with van der Waals surface area (Å²) < 4.78 is 15.6. The van der Waals surface area contributed by atoms with Crippen molar-refractivity contribution in [3.05, 3.63) is 23.3 Å². The molecule has 0 bridgehead atoms. The third kappa shape index (κ3) is 2.63. The number of nitrogens with one attached hydrogen (secondary N) is 1. The van der Waals surface area contributed by atoms with E-state index in [9.17, 15) is 0 Å². The van der Waals surface area contributed by atoms with Gasteiger partial charge in [-0.25, -0.2) is 5.48 Å². The summed E-state index contributed by atoms with van der Waals surface area (Å²) in [4.78, 5) is 0. The first kappa shape index (κ1) is 12.8. The predicted molar refractivity (Wildman–Crippen MR) is 58.9 cm³/mol. The van der Waals surface area contributed by atoms with Gasteiger partial charge in [-0.05, 0) is 12.1 Å². The van der Waals surface area contributed by atoms with Crippen LogP contribution in [0.15, 0.2) is 12.1 Å². The average Bonchev–Trinajstić information content (AvgIpc) is 2.30. The lowest BCUT2D eigenvalue weighted by Gasteiger charge is -2.16.